The summed E-state index contributed by atoms with van der Waals surface area (Å²) < 4.78 is 10.1. The van der Waals surface area contributed by atoms with Crippen molar-refractivity contribution < 1.29 is 29.1 Å². The van der Waals surface area contributed by atoms with Gasteiger partial charge in [0.15, 0.2) is 0 Å². The number of nitrogens with zero attached hydrogens (tertiary/aromatic N) is 2. The van der Waals surface area contributed by atoms with Crippen molar-refractivity contribution >= 4 is 29.5 Å². The minimum absolute atomic E-state index is 0.0984. The summed E-state index contributed by atoms with van der Waals surface area (Å²) in [7, 11) is 2.85. The first-order chi connectivity index (χ1) is 15.8. The molecule has 0 spiro atoms. The lowest BCUT2D eigenvalue weighted by Gasteiger charge is -2.18. The average molecular weight is 448 g/mol. The van der Waals surface area contributed by atoms with Gasteiger partial charge in [-0.05, 0) is 47.0 Å². The van der Waals surface area contributed by atoms with Crippen molar-refractivity contribution in [3.05, 3.63) is 94.2 Å². The minimum atomic E-state index is -1.15. The Hall–Kier alpha value is -4.66. The number of non-ortho nitro benzene ring substituents is 1. The summed E-state index contributed by atoms with van der Waals surface area (Å²) in [4.78, 5) is 35.1. The molecule has 3 aromatic rings. The summed E-state index contributed by atoms with van der Waals surface area (Å²) in [5.41, 5.74) is 2.84. The molecule has 0 aliphatic rings. The fourth-order valence-electron chi connectivity index (χ4n) is 2.94. The lowest BCUT2D eigenvalue weighted by Crippen LogP contribution is -2.29. The van der Waals surface area contributed by atoms with Crippen LogP contribution in [0.25, 0.3) is 17.2 Å². The predicted molar refractivity (Wildman–Crippen MR) is 122 cm³/mol. The highest BCUT2D eigenvalue weighted by Gasteiger charge is 2.15. The number of rotatable bonds is 7. The molecule has 0 atom stereocenters. The van der Waals surface area contributed by atoms with E-state index in [4.69, 9.17) is 14.6 Å². The van der Waals surface area contributed by atoms with Gasteiger partial charge in [-0.25, -0.2) is 9.59 Å². The average Bonchev–Trinajstić information content (AvgIpc) is 2.82. The Bertz CT molecular complexity index is 1200. The van der Waals surface area contributed by atoms with Gasteiger partial charge < -0.3 is 14.6 Å². The van der Waals surface area contributed by atoms with Crippen LogP contribution in [0.4, 0.5) is 16.2 Å². The van der Waals surface area contributed by atoms with Gasteiger partial charge in [0.25, 0.3) is 5.69 Å². The SMILES string of the molecule is CO/C(=C\c1ccc(-c2cccc(N(C)C(=O)Oc3ccc([N+](=O)[O-])cc3)c2)cc1)C(=O)O. The molecule has 168 valence electrons. The molecule has 3 rings (SSSR count). The lowest BCUT2D eigenvalue weighted by atomic mass is 10.0. The van der Waals surface area contributed by atoms with E-state index < -0.39 is 17.0 Å². The number of methoxy groups -OCH3 is 1. The number of carbonyl (C=O) groups is 2. The van der Waals surface area contributed by atoms with Crippen LogP contribution >= 0.6 is 0 Å². The predicted octanol–water partition coefficient (Wildman–Crippen LogP) is 4.97. The van der Waals surface area contributed by atoms with E-state index in [0.717, 1.165) is 11.1 Å². The molecule has 9 nitrogen and oxygen atoms in total. The molecule has 3 aromatic carbocycles. The molecule has 0 radical (unpaired) electrons. The molecule has 9 heteroatoms. The van der Waals surface area contributed by atoms with Gasteiger partial charge in [-0.2, -0.15) is 0 Å². The molecule has 1 amide bonds. The second-order valence-electron chi connectivity index (χ2n) is 6.87. The first-order valence-electron chi connectivity index (χ1n) is 9.68. The number of hydrogen-bond acceptors (Lipinski definition) is 6. The standard InChI is InChI=1S/C24H20N2O7/c1-25(24(29)33-21-12-10-19(11-13-21)26(30)31)20-5-3-4-18(15-20)17-8-6-16(7-9-17)14-22(32-2)23(27)28/h3-15H,1-2H3,(H,27,28)/b22-14-. The van der Waals surface area contributed by atoms with Gasteiger partial charge in [0.05, 0.1) is 12.0 Å². The van der Waals surface area contributed by atoms with Crippen molar-refractivity contribution in [3.63, 3.8) is 0 Å². The van der Waals surface area contributed by atoms with Gasteiger partial charge >= 0.3 is 12.1 Å². The van der Waals surface area contributed by atoms with Crippen LogP contribution in [0.3, 0.4) is 0 Å². The van der Waals surface area contributed by atoms with Gasteiger partial charge in [0.2, 0.25) is 5.76 Å². The van der Waals surface area contributed by atoms with Crippen LogP contribution in [0, 0.1) is 10.1 Å². The minimum Gasteiger partial charge on any atom is -0.490 e. The molecule has 0 saturated carbocycles. The third kappa shape index (κ3) is 5.73. The van der Waals surface area contributed by atoms with Crippen molar-refractivity contribution in [2.24, 2.45) is 0 Å². The number of amides is 1. The van der Waals surface area contributed by atoms with Crippen LogP contribution < -0.4 is 9.64 Å². The zero-order valence-electron chi connectivity index (χ0n) is 17.8. The highest BCUT2D eigenvalue weighted by Crippen LogP contribution is 2.26. The third-order valence-corrected chi connectivity index (χ3v) is 4.73. The molecule has 0 heterocycles. The summed E-state index contributed by atoms with van der Waals surface area (Å²) >= 11 is 0. The number of carbonyl (C=O) groups excluding carboxylic acids is 1. The Morgan fingerprint density at radius 1 is 1.00 bits per heavy atom. The smallest absolute Gasteiger partial charge is 0.419 e. The van der Waals surface area contributed by atoms with Crippen LogP contribution in [0.2, 0.25) is 0 Å². The molecule has 0 aliphatic carbocycles. The molecular formula is C24H20N2O7. The lowest BCUT2D eigenvalue weighted by molar-refractivity contribution is -0.384. The number of aliphatic carboxylic acids is 1. The van der Waals surface area contributed by atoms with Crippen LogP contribution in [0.1, 0.15) is 5.56 Å². The molecule has 0 bridgehead atoms. The number of anilines is 1. The maximum atomic E-state index is 12.5. The van der Waals surface area contributed by atoms with E-state index >= 15 is 0 Å². The first kappa shape index (κ1) is 23.0. The first-order valence-corrected chi connectivity index (χ1v) is 9.68. The Kier molecular flexibility index (Phi) is 7.04. The van der Waals surface area contributed by atoms with Crippen LogP contribution in [0.15, 0.2) is 78.6 Å². The van der Waals surface area contributed by atoms with Crippen LogP contribution in [0.5, 0.6) is 5.75 Å². The van der Waals surface area contributed by atoms with Crippen molar-refractivity contribution in [2.45, 2.75) is 0 Å². The van der Waals surface area contributed by atoms with Crippen molar-refractivity contribution in [1.82, 2.24) is 0 Å². The maximum absolute atomic E-state index is 12.5. The normalized spacial score (nSPS) is 10.9. The summed E-state index contributed by atoms with van der Waals surface area (Å²) in [5.74, 6) is -1.13. The third-order valence-electron chi connectivity index (χ3n) is 4.73. The van der Waals surface area contributed by atoms with Gasteiger partial charge in [-0.1, -0.05) is 36.4 Å². The Balaban J connectivity index is 1.75. The van der Waals surface area contributed by atoms with Gasteiger partial charge in [0, 0.05) is 24.9 Å². The van der Waals surface area contributed by atoms with E-state index in [1.807, 2.05) is 18.2 Å². The Morgan fingerprint density at radius 2 is 1.67 bits per heavy atom. The molecule has 0 unspecified atom stereocenters. The monoisotopic (exact) mass is 448 g/mol. The maximum Gasteiger partial charge on any atom is 0.419 e. The molecule has 0 fully saturated rings. The van der Waals surface area contributed by atoms with E-state index in [1.165, 1.54) is 42.4 Å². The summed E-state index contributed by atoms with van der Waals surface area (Å²) in [6.07, 6.45) is 0.770. The Labute approximate surface area is 189 Å². The van der Waals surface area contributed by atoms with E-state index in [0.29, 0.717) is 11.3 Å². The largest absolute Gasteiger partial charge is 0.490 e. The molecule has 0 aromatic heterocycles. The number of carboxylic acid groups (broad SMARTS) is 1. The highest BCUT2D eigenvalue weighted by atomic mass is 16.6. The number of carboxylic acids is 1. The van der Waals surface area contributed by atoms with E-state index in [2.05, 4.69) is 0 Å². The molecule has 1 N–H and O–H groups in total. The zero-order chi connectivity index (χ0) is 24.0. The molecule has 33 heavy (non-hydrogen) atoms. The molecular weight excluding hydrogens is 428 g/mol. The fraction of sp³-hybridized carbons (Fsp3) is 0.0833. The highest BCUT2D eigenvalue weighted by molar-refractivity contribution is 5.90. The molecule has 0 saturated heterocycles. The molecule has 0 aliphatic heterocycles. The van der Waals surface area contributed by atoms with E-state index in [9.17, 15) is 19.7 Å². The van der Waals surface area contributed by atoms with Gasteiger partial charge in [0.1, 0.15) is 5.75 Å². The second kappa shape index (κ2) is 10.1. The van der Waals surface area contributed by atoms with Crippen molar-refractivity contribution in [2.75, 3.05) is 19.1 Å². The fourth-order valence-corrected chi connectivity index (χ4v) is 2.94. The summed E-state index contributed by atoms with van der Waals surface area (Å²) in [6.45, 7) is 0. The van der Waals surface area contributed by atoms with Gasteiger partial charge in [-0.3, -0.25) is 15.0 Å². The van der Waals surface area contributed by atoms with Crippen LogP contribution in [-0.4, -0.2) is 36.2 Å². The van der Waals surface area contributed by atoms with Crippen molar-refractivity contribution in [3.8, 4) is 16.9 Å². The second-order valence-corrected chi connectivity index (χ2v) is 6.87. The number of hydrogen-bond donors (Lipinski definition) is 1. The summed E-state index contributed by atoms with van der Waals surface area (Å²) in [6, 6.07) is 19.6. The quantitative estimate of drug-likeness (QED) is 0.235. The van der Waals surface area contributed by atoms with E-state index in [-0.39, 0.29) is 17.2 Å². The van der Waals surface area contributed by atoms with Crippen LogP contribution in [-0.2, 0) is 9.53 Å². The zero-order valence-corrected chi connectivity index (χ0v) is 17.8. The number of benzene rings is 3. The number of ether oxygens (including phenoxy) is 2. The van der Waals surface area contributed by atoms with E-state index in [1.54, 1.807) is 37.4 Å². The van der Waals surface area contributed by atoms with Gasteiger partial charge in [-0.15, -0.1) is 0 Å². The number of nitro groups is 1. The Morgan fingerprint density at radius 3 is 2.24 bits per heavy atom. The summed E-state index contributed by atoms with van der Waals surface area (Å²) in [5, 5.41) is 19.8. The van der Waals surface area contributed by atoms with Crippen molar-refractivity contribution in [1.29, 1.82) is 0 Å². The topological polar surface area (TPSA) is 119 Å². The number of nitro benzene ring substituents is 1.